The third-order valence-electron chi connectivity index (χ3n) is 4.00. The molecule has 0 radical (unpaired) electrons. The summed E-state index contributed by atoms with van der Waals surface area (Å²) in [5.74, 6) is 0.839. The number of aryl methyl sites for hydroxylation is 1. The summed E-state index contributed by atoms with van der Waals surface area (Å²) in [6, 6.07) is 12.3. The second-order valence-electron chi connectivity index (χ2n) is 6.18. The standard InChI is InChI=1S/C19H19ClN2O3S4/c1-26-10-9-22-16-8-7-15(29(2,24)25)11-17(16)28-19(22)21-18(23)12-27-14-5-3-13(20)4-6-14/h3-8,11H,9-10,12H2,1-2H3. The van der Waals surface area contributed by atoms with Crippen LogP contribution in [0.5, 0.6) is 0 Å². The van der Waals surface area contributed by atoms with Crippen LogP contribution < -0.4 is 4.80 Å². The minimum atomic E-state index is -3.30. The fraction of sp³-hybridized carbons (Fsp3) is 0.263. The van der Waals surface area contributed by atoms with Gasteiger partial charge in [0, 0.05) is 28.5 Å². The Kier molecular flexibility index (Phi) is 7.50. The SMILES string of the molecule is CSCCn1c(=NC(=O)CSc2ccc(Cl)cc2)sc2cc(S(C)(=O)=O)ccc21. The predicted octanol–water partition coefficient (Wildman–Crippen LogP) is 4.34. The number of carbonyl (C=O) groups is 1. The molecule has 0 unspecified atom stereocenters. The molecule has 0 saturated carbocycles. The van der Waals surface area contributed by atoms with E-state index in [-0.39, 0.29) is 16.6 Å². The topological polar surface area (TPSA) is 68.5 Å². The van der Waals surface area contributed by atoms with E-state index < -0.39 is 9.84 Å². The fourth-order valence-corrected chi connectivity index (χ4v) is 5.59. The van der Waals surface area contributed by atoms with Gasteiger partial charge in [0.25, 0.3) is 5.91 Å². The molecule has 0 N–H and O–H groups in total. The zero-order chi connectivity index (χ0) is 21.0. The molecule has 0 aliphatic heterocycles. The summed E-state index contributed by atoms with van der Waals surface area (Å²) < 4.78 is 26.5. The second kappa shape index (κ2) is 9.70. The summed E-state index contributed by atoms with van der Waals surface area (Å²) in [6.07, 6.45) is 3.20. The van der Waals surface area contributed by atoms with E-state index in [1.54, 1.807) is 42.1 Å². The number of aromatic nitrogens is 1. The molecule has 5 nitrogen and oxygen atoms in total. The Balaban J connectivity index is 1.92. The lowest BCUT2D eigenvalue weighted by molar-refractivity contribution is -0.115. The van der Waals surface area contributed by atoms with Gasteiger partial charge in [0.1, 0.15) is 0 Å². The average molecular weight is 487 g/mol. The summed E-state index contributed by atoms with van der Waals surface area (Å²) in [6.45, 7) is 0.690. The van der Waals surface area contributed by atoms with Crippen LogP contribution >= 0.6 is 46.5 Å². The largest absolute Gasteiger partial charge is 0.316 e. The van der Waals surface area contributed by atoms with Crippen molar-refractivity contribution < 1.29 is 13.2 Å². The van der Waals surface area contributed by atoms with E-state index in [1.807, 2.05) is 23.0 Å². The molecule has 154 valence electrons. The van der Waals surface area contributed by atoms with Crippen LogP contribution in [0.25, 0.3) is 10.2 Å². The Morgan fingerprint density at radius 2 is 1.93 bits per heavy atom. The maximum absolute atomic E-state index is 12.5. The number of benzene rings is 2. The lowest BCUT2D eigenvalue weighted by Gasteiger charge is -2.04. The Morgan fingerprint density at radius 3 is 2.59 bits per heavy atom. The van der Waals surface area contributed by atoms with Crippen LogP contribution in [0.2, 0.25) is 5.02 Å². The van der Waals surface area contributed by atoms with Crippen LogP contribution in [0.15, 0.2) is 57.2 Å². The van der Waals surface area contributed by atoms with Crippen molar-refractivity contribution in [1.82, 2.24) is 4.57 Å². The highest BCUT2D eigenvalue weighted by atomic mass is 35.5. The minimum Gasteiger partial charge on any atom is -0.316 e. The van der Waals surface area contributed by atoms with Gasteiger partial charge in [0.2, 0.25) is 0 Å². The van der Waals surface area contributed by atoms with Gasteiger partial charge >= 0.3 is 0 Å². The van der Waals surface area contributed by atoms with Gasteiger partial charge in [-0.3, -0.25) is 4.79 Å². The van der Waals surface area contributed by atoms with Gasteiger partial charge in [-0.1, -0.05) is 22.9 Å². The third kappa shape index (κ3) is 5.88. The molecule has 10 heteroatoms. The summed E-state index contributed by atoms with van der Waals surface area (Å²) in [5.41, 5.74) is 0.883. The number of fused-ring (bicyclic) bond motifs is 1. The number of carbonyl (C=O) groups excluding carboxylic acids is 1. The van der Waals surface area contributed by atoms with E-state index in [1.165, 1.54) is 29.4 Å². The molecule has 1 heterocycles. The molecule has 3 aromatic rings. The predicted molar refractivity (Wildman–Crippen MR) is 124 cm³/mol. The molecular weight excluding hydrogens is 468 g/mol. The zero-order valence-corrected chi connectivity index (χ0v) is 19.8. The van der Waals surface area contributed by atoms with Crippen molar-refractivity contribution in [3.05, 3.63) is 52.3 Å². The minimum absolute atomic E-state index is 0.215. The molecule has 3 rings (SSSR count). The first-order valence-electron chi connectivity index (χ1n) is 8.56. The van der Waals surface area contributed by atoms with Crippen molar-refractivity contribution in [2.75, 3.05) is 24.0 Å². The molecule has 29 heavy (non-hydrogen) atoms. The fourth-order valence-electron chi connectivity index (χ4n) is 2.58. The van der Waals surface area contributed by atoms with Crippen molar-refractivity contribution >= 4 is 72.4 Å². The van der Waals surface area contributed by atoms with Gasteiger partial charge in [-0.2, -0.15) is 16.8 Å². The summed E-state index contributed by atoms with van der Waals surface area (Å²) in [4.78, 5) is 18.6. The number of thioether (sulfide) groups is 2. The Morgan fingerprint density at radius 1 is 1.21 bits per heavy atom. The highest BCUT2D eigenvalue weighted by Crippen LogP contribution is 2.23. The van der Waals surface area contributed by atoms with Gasteiger partial charge < -0.3 is 4.57 Å². The number of rotatable bonds is 7. The maximum Gasteiger partial charge on any atom is 0.258 e. The van der Waals surface area contributed by atoms with E-state index in [4.69, 9.17) is 11.6 Å². The van der Waals surface area contributed by atoms with Crippen molar-refractivity contribution in [2.45, 2.75) is 16.3 Å². The molecule has 0 fully saturated rings. The first-order valence-corrected chi connectivity index (χ1v) is 14.0. The van der Waals surface area contributed by atoms with E-state index in [2.05, 4.69) is 4.99 Å². The van der Waals surface area contributed by atoms with Crippen molar-refractivity contribution in [1.29, 1.82) is 0 Å². The molecule has 0 saturated heterocycles. The Bertz CT molecular complexity index is 1200. The monoisotopic (exact) mass is 486 g/mol. The number of halogens is 1. The number of hydrogen-bond donors (Lipinski definition) is 0. The van der Waals surface area contributed by atoms with Crippen LogP contribution in [0.4, 0.5) is 0 Å². The van der Waals surface area contributed by atoms with E-state index in [0.717, 1.165) is 20.9 Å². The van der Waals surface area contributed by atoms with E-state index >= 15 is 0 Å². The van der Waals surface area contributed by atoms with Crippen molar-refractivity contribution in [2.24, 2.45) is 4.99 Å². The third-order valence-corrected chi connectivity index (χ3v) is 7.99. The molecule has 0 aliphatic carbocycles. The van der Waals surface area contributed by atoms with Crippen LogP contribution in [0.3, 0.4) is 0 Å². The lowest BCUT2D eigenvalue weighted by Crippen LogP contribution is -2.18. The number of amides is 1. The van der Waals surface area contributed by atoms with Gasteiger partial charge in [-0.15, -0.1) is 11.8 Å². The van der Waals surface area contributed by atoms with E-state index in [9.17, 15) is 13.2 Å². The van der Waals surface area contributed by atoms with Crippen LogP contribution in [-0.4, -0.2) is 42.9 Å². The summed E-state index contributed by atoms with van der Waals surface area (Å²) >= 11 is 10.3. The molecule has 1 aromatic heterocycles. The quantitative estimate of drug-likeness (QED) is 0.464. The average Bonchev–Trinajstić information content (AvgIpc) is 3.01. The molecule has 0 aliphatic rings. The zero-order valence-electron chi connectivity index (χ0n) is 15.8. The summed E-state index contributed by atoms with van der Waals surface area (Å²) in [5, 5.41) is 0.652. The van der Waals surface area contributed by atoms with Gasteiger partial charge in [-0.25, -0.2) is 8.42 Å². The molecule has 0 atom stereocenters. The normalized spacial score (nSPS) is 12.6. The van der Waals surface area contributed by atoms with E-state index in [0.29, 0.717) is 16.4 Å². The molecule has 0 bridgehead atoms. The lowest BCUT2D eigenvalue weighted by atomic mass is 10.3. The Hall–Kier alpha value is -1.26. The smallest absolute Gasteiger partial charge is 0.258 e. The van der Waals surface area contributed by atoms with Crippen molar-refractivity contribution in [3.63, 3.8) is 0 Å². The number of thiazole rings is 1. The van der Waals surface area contributed by atoms with Gasteiger partial charge in [0.15, 0.2) is 14.6 Å². The molecule has 1 amide bonds. The number of nitrogens with zero attached hydrogens (tertiary/aromatic N) is 2. The highest BCUT2D eigenvalue weighted by Gasteiger charge is 2.13. The number of sulfone groups is 1. The molecular formula is C19H19ClN2O3S4. The molecule has 0 spiro atoms. The second-order valence-corrected chi connectivity index (χ2v) is 11.7. The van der Waals surface area contributed by atoms with Crippen LogP contribution in [-0.2, 0) is 21.2 Å². The van der Waals surface area contributed by atoms with Crippen molar-refractivity contribution in [3.8, 4) is 0 Å². The molecule has 2 aromatic carbocycles. The van der Waals surface area contributed by atoms with Gasteiger partial charge in [-0.05, 0) is 48.7 Å². The Labute approximate surface area is 187 Å². The first kappa shape index (κ1) is 22.4. The maximum atomic E-state index is 12.5. The summed E-state index contributed by atoms with van der Waals surface area (Å²) in [7, 11) is -3.30. The number of hydrogen-bond acceptors (Lipinski definition) is 6. The first-order chi connectivity index (χ1) is 13.8. The highest BCUT2D eigenvalue weighted by molar-refractivity contribution is 8.00. The van der Waals surface area contributed by atoms with Crippen LogP contribution in [0.1, 0.15) is 0 Å². The van der Waals surface area contributed by atoms with Crippen LogP contribution in [0, 0.1) is 0 Å². The van der Waals surface area contributed by atoms with Gasteiger partial charge in [0.05, 0.1) is 20.9 Å².